The molecular weight excluding hydrogens is 408 g/mol. The number of likely N-dealkylation sites (N-methyl/N-ethyl adjacent to an activating group) is 1. The van der Waals surface area contributed by atoms with Gasteiger partial charge in [0.1, 0.15) is 0 Å². The predicted molar refractivity (Wildman–Crippen MR) is 127 cm³/mol. The summed E-state index contributed by atoms with van der Waals surface area (Å²) >= 11 is 6.54. The van der Waals surface area contributed by atoms with Crippen molar-refractivity contribution in [3.63, 3.8) is 0 Å². The molecule has 4 rings (SSSR count). The van der Waals surface area contributed by atoms with Crippen LogP contribution in [0, 0.1) is 13.8 Å². The Kier molecular flexibility index (Phi) is 6.75. The molecule has 2 aromatic carbocycles. The number of benzene rings is 2. The molecule has 0 saturated carbocycles. The highest BCUT2D eigenvalue weighted by atomic mass is 35.5. The van der Waals surface area contributed by atoms with Gasteiger partial charge in [-0.1, -0.05) is 60.5 Å². The molecule has 164 valence electrons. The van der Waals surface area contributed by atoms with Crippen molar-refractivity contribution in [2.45, 2.75) is 33.2 Å². The minimum absolute atomic E-state index is 0.0367. The number of halogens is 1. The van der Waals surface area contributed by atoms with Gasteiger partial charge in [-0.05, 0) is 37.6 Å². The molecule has 2 aliphatic heterocycles. The van der Waals surface area contributed by atoms with Gasteiger partial charge in [-0.2, -0.15) is 5.10 Å². The number of aryl methyl sites for hydroxylation is 2. The largest absolute Gasteiger partial charge is 0.301 e. The second-order valence-electron chi connectivity index (χ2n) is 8.56. The van der Waals surface area contributed by atoms with Gasteiger partial charge in [0, 0.05) is 43.2 Å². The molecule has 1 amide bonds. The second-order valence-corrected chi connectivity index (χ2v) is 8.96. The maximum absolute atomic E-state index is 13.4. The minimum Gasteiger partial charge on any atom is -0.301 e. The number of carbonyl (C=O) groups is 1. The third-order valence-corrected chi connectivity index (χ3v) is 6.74. The van der Waals surface area contributed by atoms with Crippen LogP contribution in [0.4, 0.5) is 0 Å². The molecule has 0 aliphatic carbocycles. The highest BCUT2D eigenvalue weighted by Crippen LogP contribution is 2.36. The van der Waals surface area contributed by atoms with Crippen LogP contribution in [-0.2, 0) is 4.79 Å². The van der Waals surface area contributed by atoms with E-state index in [-0.39, 0.29) is 11.9 Å². The number of carbonyl (C=O) groups excluding carboxylic acids is 1. The zero-order valence-corrected chi connectivity index (χ0v) is 19.4. The average Bonchev–Trinajstić information content (AvgIpc) is 3.19. The van der Waals surface area contributed by atoms with E-state index >= 15 is 0 Å². The van der Waals surface area contributed by atoms with Gasteiger partial charge >= 0.3 is 0 Å². The van der Waals surface area contributed by atoms with E-state index in [0.29, 0.717) is 18.0 Å². The van der Waals surface area contributed by atoms with Crippen LogP contribution in [0.25, 0.3) is 0 Å². The van der Waals surface area contributed by atoms with E-state index in [0.717, 1.165) is 49.6 Å². The van der Waals surface area contributed by atoms with Crippen LogP contribution >= 0.6 is 11.6 Å². The fourth-order valence-corrected chi connectivity index (χ4v) is 4.82. The molecule has 2 aliphatic rings. The van der Waals surface area contributed by atoms with E-state index in [9.17, 15) is 4.79 Å². The lowest BCUT2D eigenvalue weighted by Gasteiger charge is -2.34. The summed E-state index contributed by atoms with van der Waals surface area (Å²) in [6.07, 6.45) is 0.670. The topological polar surface area (TPSA) is 39.1 Å². The van der Waals surface area contributed by atoms with E-state index in [4.69, 9.17) is 16.7 Å². The van der Waals surface area contributed by atoms with Gasteiger partial charge in [0.05, 0.1) is 18.3 Å². The van der Waals surface area contributed by atoms with Gasteiger partial charge in [0.2, 0.25) is 0 Å². The number of piperazine rings is 1. The molecule has 0 aromatic heterocycles. The number of hydrogen-bond donors (Lipinski definition) is 0. The summed E-state index contributed by atoms with van der Waals surface area (Å²) in [6, 6.07) is 14.0. The number of nitrogens with zero attached hydrogens (tertiary/aromatic N) is 4. The van der Waals surface area contributed by atoms with E-state index in [2.05, 4.69) is 48.8 Å². The maximum atomic E-state index is 13.4. The Morgan fingerprint density at radius 1 is 1.06 bits per heavy atom. The lowest BCUT2D eigenvalue weighted by Crippen LogP contribution is -2.49. The third-order valence-electron chi connectivity index (χ3n) is 6.39. The van der Waals surface area contributed by atoms with Crippen LogP contribution < -0.4 is 0 Å². The number of hydrazone groups is 1. The molecule has 1 atom stereocenters. The van der Waals surface area contributed by atoms with E-state index in [1.165, 1.54) is 11.1 Å². The molecule has 0 unspecified atom stereocenters. The smallest absolute Gasteiger partial charge is 0.257 e. The van der Waals surface area contributed by atoms with Gasteiger partial charge in [-0.3, -0.25) is 9.69 Å². The Labute approximate surface area is 190 Å². The van der Waals surface area contributed by atoms with Gasteiger partial charge in [-0.15, -0.1) is 0 Å². The Hall–Kier alpha value is -2.21. The first-order chi connectivity index (χ1) is 15.0. The zero-order valence-electron chi connectivity index (χ0n) is 18.6. The van der Waals surface area contributed by atoms with Crippen molar-refractivity contribution in [3.8, 4) is 0 Å². The van der Waals surface area contributed by atoms with Crippen LogP contribution in [0.3, 0.4) is 0 Å². The molecule has 0 spiro atoms. The molecule has 2 heterocycles. The molecule has 0 radical (unpaired) electrons. The van der Waals surface area contributed by atoms with Crippen molar-refractivity contribution in [2.24, 2.45) is 5.10 Å². The standard InChI is InChI=1S/C25H31ClN4O/c1-4-28-11-13-29(14-12-28)17-25(31)30-24(21-7-5-6-8-22(21)26)16-23(27-30)20-10-9-18(2)15-19(20)3/h5-10,15,24H,4,11-14,16-17H2,1-3H3/t24-/m1/s1. The van der Waals surface area contributed by atoms with Gasteiger partial charge in [0.15, 0.2) is 0 Å². The fraction of sp³-hybridized carbons (Fsp3) is 0.440. The third kappa shape index (κ3) is 4.84. The molecule has 0 bridgehead atoms. The predicted octanol–water partition coefficient (Wildman–Crippen LogP) is 4.27. The highest BCUT2D eigenvalue weighted by Gasteiger charge is 2.35. The first-order valence-electron chi connectivity index (χ1n) is 11.1. The van der Waals surface area contributed by atoms with Crippen molar-refractivity contribution >= 4 is 23.2 Å². The molecule has 0 N–H and O–H groups in total. The molecule has 1 fully saturated rings. The minimum atomic E-state index is -0.172. The first kappa shape index (κ1) is 22.0. The summed E-state index contributed by atoms with van der Waals surface area (Å²) in [7, 11) is 0. The van der Waals surface area contributed by atoms with Crippen LogP contribution in [0.1, 0.15) is 41.6 Å². The van der Waals surface area contributed by atoms with Crippen LogP contribution in [0.15, 0.2) is 47.6 Å². The van der Waals surface area contributed by atoms with Crippen LogP contribution in [-0.4, -0.2) is 65.7 Å². The number of amides is 1. The van der Waals surface area contributed by atoms with Crippen molar-refractivity contribution in [3.05, 3.63) is 69.7 Å². The van der Waals surface area contributed by atoms with Crippen molar-refractivity contribution in [1.29, 1.82) is 0 Å². The van der Waals surface area contributed by atoms with Gasteiger partial charge in [-0.25, -0.2) is 5.01 Å². The molecule has 2 aromatic rings. The fourth-order valence-electron chi connectivity index (χ4n) is 4.56. The monoisotopic (exact) mass is 438 g/mol. The summed E-state index contributed by atoms with van der Waals surface area (Å²) in [5.41, 5.74) is 5.42. The number of rotatable bonds is 5. The van der Waals surface area contributed by atoms with Crippen LogP contribution in [0.5, 0.6) is 0 Å². The van der Waals surface area contributed by atoms with E-state index < -0.39 is 0 Å². The molecule has 1 saturated heterocycles. The quantitative estimate of drug-likeness (QED) is 0.699. The molecule has 31 heavy (non-hydrogen) atoms. The normalized spacial score (nSPS) is 20.2. The molecule has 5 nitrogen and oxygen atoms in total. The summed E-state index contributed by atoms with van der Waals surface area (Å²) in [5, 5.41) is 7.21. The Balaban J connectivity index is 1.59. The van der Waals surface area contributed by atoms with E-state index in [1.807, 2.05) is 24.3 Å². The molecular formula is C25H31ClN4O. The highest BCUT2D eigenvalue weighted by molar-refractivity contribution is 6.31. The summed E-state index contributed by atoms with van der Waals surface area (Å²) in [5.74, 6) is 0.0367. The second kappa shape index (κ2) is 9.51. The van der Waals surface area contributed by atoms with Gasteiger partial charge in [0.25, 0.3) is 5.91 Å². The number of hydrogen-bond acceptors (Lipinski definition) is 4. The maximum Gasteiger partial charge on any atom is 0.257 e. The van der Waals surface area contributed by atoms with Crippen molar-refractivity contribution < 1.29 is 4.79 Å². The molecule has 6 heteroatoms. The SMILES string of the molecule is CCN1CCN(CC(=O)N2N=C(c3ccc(C)cc3C)C[C@@H]2c2ccccc2Cl)CC1. The Morgan fingerprint density at radius 3 is 2.45 bits per heavy atom. The summed E-state index contributed by atoms with van der Waals surface area (Å²) < 4.78 is 0. The average molecular weight is 439 g/mol. The summed E-state index contributed by atoms with van der Waals surface area (Å²) in [4.78, 5) is 18.1. The first-order valence-corrected chi connectivity index (χ1v) is 11.5. The van der Waals surface area contributed by atoms with Crippen LogP contribution in [0.2, 0.25) is 5.02 Å². The van der Waals surface area contributed by atoms with Gasteiger partial charge < -0.3 is 4.90 Å². The van der Waals surface area contributed by atoms with Crippen molar-refractivity contribution in [1.82, 2.24) is 14.8 Å². The van der Waals surface area contributed by atoms with E-state index in [1.54, 1.807) is 5.01 Å². The lowest BCUT2D eigenvalue weighted by molar-refractivity contribution is -0.134. The zero-order chi connectivity index (χ0) is 22.0. The summed E-state index contributed by atoms with van der Waals surface area (Å²) in [6.45, 7) is 11.7. The Bertz CT molecular complexity index is 981. The van der Waals surface area contributed by atoms with Crippen molar-refractivity contribution in [2.75, 3.05) is 39.3 Å². The lowest BCUT2D eigenvalue weighted by atomic mass is 9.95. The Morgan fingerprint density at radius 2 is 1.77 bits per heavy atom.